The number of nitrogens with two attached hydrogens (primary N) is 1. The number of amides is 1. The highest BCUT2D eigenvalue weighted by atomic mass is 16.2. The maximum atomic E-state index is 10.8. The molecule has 4 heteroatoms. The molecule has 1 atom stereocenters. The van der Waals surface area contributed by atoms with Crippen LogP contribution in [0.3, 0.4) is 0 Å². The minimum absolute atomic E-state index is 0.0174. The number of carbonyl (C=O) groups is 1. The third kappa shape index (κ3) is 1.40. The molecule has 0 aromatic carbocycles. The van der Waals surface area contributed by atoms with Gasteiger partial charge in [-0.3, -0.25) is 4.79 Å². The van der Waals surface area contributed by atoms with Gasteiger partial charge in [0.1, 0.15) is 0 Å². The van der Waals surface area contributed by atoms with Gasteiger partial charge < -0.3 is 16.4 Å². The molecule has 0 radical (unpaired) electrons. The second-order valence-corrected chi connectivity index (χ2v) is 2.03. The van der Waals surface area contributed by atoms with Gasteiger partial charge in [-0.1, -0.05) is 0 Å². The maximum Gasteiger partial charge on any atom is 0.238 e. The number of piperazine rings is 1. The van der Waals surface area contributed by atoms with Crippen molar-refractivity contribution in [1.82, 2.24) is 10.6 Å². The molecule has 1 saturated heterocycles. The Kier molecular flexibility index (Phi) is 2.02. The summed E-state index contributed by atoms with van der Waals surface area (Å²) in [5.74, 6) is 0.0174. The van der Waals surface area contributed by atoms with Crippen LogP contribution < -0.4 is 16.4 Å². The second kappa shape index (κ2) is 2.80. The van der Waals surface area contributed by atoms with Crippen molar-refractivity contribution >= 4 is 5.91 Å². The van der Waals surface area contributed by atoms with Crippen LogP contribution in [-0.2, 0) is 4.79 Å². The molecule has 0 bridgehead atoms. The first-order chi connectivity index (χ1) is 4.34. The van der Waals surface area contributed by atoms with E-state index in [0.717, 1.165) is 13.1 Å². The van der Waals surface area contributed by atoms with Gasteiger partial charge in [0.25, 0.3) is 0 Å². The minimum atomic E-state index is -0.168. The van der Waals surface area contributed by atoms with Crippen LogP contribution in [0.4, 0.5) is 0 Å². The lowest BCUT2D eigenvalue weighted by Crippen LogP contribution is -2.55. The summed E-state index contributed by atoms with van der Waals surface area (Å²) < 4.78 is 0. The first kappa shape index (κ1) is 6.51. The van der Waals surface area contributed by atoms with Crippen molar-refractivity contribution in [3.63, 3.8) is 0 Å². The summed E-state index contributed by atoms with van der Waals surface area (Å²) >= 11 is 0. The van der Waals surface area contributed by atoms with Crippen LogP contribution in [-0.4, -0.2) is 31.6 Å². The lowest BCUT2D eigenvalue weighted by molar-refractivity contribution is -0.124. The highest BCUT2D eigenvalue weighted by molar-refractivity contribution is 5.82. The van der Waals surface area contributed by atoms with E-state index in [2.05, 4.69) is 10.6 Å². The molecule has 1 aliphatic rings. The van der Waals surface area contributed by atoms with Crippen molar-refractivity contribution in [3.05, 3.63) is 0 Å². The van der Waals surface area contributed by atoms with Crippen molar-refractivity contribution in [2.45, 2.75) is 6.04 Å². The Balaban J connectivity index is 2.39. The summed E-state index contributed by atoms with van der Waals surface area (Å²) in [5.41, 5.74) is 5.27. The molecule has 4 N–H and O–H groups in total. The van der Waals surface area contributed by atoms with Crippen LogP contribution in [0.25, 0.3) is 0 Å². The van der Waals surface area contributed by atoms with Gasteiger partial charge >= 0.3 is 0 Å². The molecule has 9 heavy (non-hydrogen) atoms. The Bertz CT molecular complexity index is 115. The van der Waals surface area contributed by atoms with E-state index >= 15 is 0 Å². The van der Waals surface area contributed by atoms with E-state index in [0.29, 0.717) is 6.54 Å². The van der Waals surface area contributed by atoms with Gasteiger partial charge in [-0.05, 0) is 0 Å². The predicted octanol–water partition coefficient (Wildman–Crippen LogP) is -1.97. The van der Waals surface area contributed by atoms with Gasteiger partial charge in [0, 0.05) is 19.6 Å². The molecular weight excluding hydrogens is 118 g/mol. The molecule has 1 aliphatic heterocycles. The molecule has 4 nitrogen and oxygen atoms in total. The van der Waals surface area contributed by atoms with E-state index in [1.807, 2.05) is 0 Å². The second-order valence-electron chi connectivity index (χ2n) is 2.03. The highest BCUT2D eigenvalue weighted by Crippen LogP contribution is 1.84. The van der Waals surface area contributed by atoms with Crippen molar-refractivity contribution in [2.24, 2.45) is 5.73 Å². The van der Waals surface area contributed by atoms with Crippen LogP contribution in [0.15, 0.2) is 0 Å². The molecule has 1 rings (SSSR count). The Hall–Kier alpha value is -0.610. The Morgan fingerprint density at radius 1 is 1.67 bits per heavy atom. The van der Waals surface area contributed by atoms with Crippen molar-refractivity contribution < 1.29 is 4.79 Å². The zero-order chi connectivity index (χ0) is 6.69. The van der Waals surface area contributed by atoms with E-state index < -0.39 is 0 Å². The fourth-order valence-corrected chi connectivity index (χ4v) is 0.838. The number of hydrogen-bond donors (Lipinski definition) is 3. The lowest BCUT2D eigenvalue weighted by Gasteiger charge is -2.21. The van der Waals surface area contributed by atoms with Gasteiger partial charge in [-0.2, -0.15) is 0 Å². The molecule has 0 unspecified atom stereocenters. The molecule has 52 valence electrons. The molecule has 1 fully saturated rings. The summed E-state index contributed by atoms with van der Waals surface area (Å²) in [7, 11) is 0. The Labute approximate surface area is 53.8 Å². The van der Waals surface area contributed by atoms with Crippen LogP contribution in [0.2, 0.25) is 0 Å². The summed E-state index contributed by atoms with van der Waals surface area (Å²) in [6.07, 6.45) is 0. The highest BCUT2D eigenvalue weighted by Gasteiger charge is 2.18. The summed E-state index contributed by atoms with van der Waals surface area (Å²) in [4.78, 5) is 10.8. The van der Waals surface area contributed by atoms with E-state index in [1.54, 1.807) is 0 Å². The van der Waals surface area contributed by atoms with E-state index in [4.69, 9.17) is 5.73 Å². The number of carbonyl (C=O) groups excluding carboxylic acids is 1. The van der Waals surface area contributed by atoms with Crippen LogP contribution >= 0.6 is 0 Å². The third-order valence-corrected chi connectivity index (χ3v) is 1.37. The normalized spacial score (nSPS) is 27.7. The van der Waals surface area contributed by atoms with E-state index in [9.17, 15) is 4.79 Å². The third-order valence-electron chi connectivity index (χ3n) is 1.37. The lowest BCUT2D eigenvalue weighted by atomic mass is 10.2. The van der Waals surface area contributed by atoms with Crippen LogP contribution in [0, 0.1) is 0 Å². The standard InChI is InChI=1S/C5H11N3O/c6-3-4-5(9)8-2-1-7-4/h4,7H,1-3,6H2,(H,8,9)/t4-/m0/s1. The fraction of sp³-hybridized carbons (Fsp3) is 0.800. The molecule has 0 aliphatic carbocycles. The van der Waals surface area contributed by atoms with Crippen LogP contribution in [0.1, 0.15) is 0 Å². The quantitative estimate of drug-likeness (QED) is 0.385. The van der Waals surface area contributed by atoms with Crippen molar-refractivity contribution in [1.29, 1.82) is 0 Å². The van der Waals surface area contributed by atoms with Gasteiger partial charge in [-0.15, -0.1) is 0 Å². The van der Waals surface area contributed by atoms with Gasteiger partial charge in [-0.25, -0.2) is 0 Å². The fourth-order valence-electron chi connectivity index (χ4n) is 0.838. The molecule has 0 spiro atoms. The van der Waals surface area contributed by atoms with Crippen LogP contribution in [0.5, 0.6) is 0 Å². The first-order valence-corrected chi connectivity index (χ1v) is 3.06. The number of hydrogen-bond acceptors (Lipinski definition) is 3. The molecule has 1 heterocycles. The van der Waals surface area contributed by atoms with E-state index in [-0.39, 0.29) is 11.9 Å². The molecular formula is C5H11N3O. The van der Waals surface area contributed by atoms with Crippen molar-refractivity contribution in [2.75, 3.05) is 19.6 Å². The smallest absolute Gasteiger partial charge is 0.238 e. The van der Waals surface area contributed by atoms with E-state index in [1.165, 1.54) is 0 Å². The molecule has 0 saturated carbocycles. The minimum Gasteiger partial charge on any atom is -0.353 e. The summed E-state index contributed by atoms with van der Waals surface area (Å²) in [6.45, 7) is 1.93. The molecule has 1 amide bonds. The Morgan fingerprint density at radius 2 is 2.44 bits per heavy atom. The average molecular weight is 129 g/mol. The maximum absolute atomic E-state index is 10.8. The first-order valence-electron chi connectivity index (χ1n) is 3.06. The molecule has 0 aromatic heterocycles. The number of nitrogens with one attached hydrogen (secondary N) is 2. The van der Waals surface area contributed by atoms with Gasteiger partial charge in [0.2, 0.25) is 5.91 Å². The van der Waals surface area contributed by atoms with Crippen molar-refractivity contribution in [3.8, 4) is 0 Å². The predicted molar refractivity (Wildman–Crippen MR) is 33.9 cm³/mol. The Morgan fingerprint density at radius 3 is 2.89 bits per heavy atom. The zero-order valence-electron chi connectivity index (χ0n) is 5.18. The topological polar surface area (TPSA) is 67.2 Å². The van der Waals surface area contributed by atoms with Gasteiger partial charge in [0.05, 0.1) is 6.04 Å². The monoisotopic (exact) mass is 129 g/mol. The number of rotatable bonds is 1. The summed E-state index contributed by atoms with van der Waals surface area (Å²) in [5, 5.41) is 5.68. The average Bonchev–Trinajstić information content (AvgIpc) is 1.89. The molecule has 0 aromatic rings. The largest absolute Gasteiger partial charge is 0.353 e. The van der Waals surface area contributed by atoms with Gasteiger partial charge in [0.15, 0.2) is 0 Å². The SMILES string of the molecule is NC[C@@H]1NCCNC1=O. The zero-order valence-corrected chi connectivity index (χ0v) is 5.18. The summed E-state index contributed by atoms with van der Waals surface area (Å²) in [6, 6.07) is -0.168.